The number of halogens is 1. The number of amides is 1. The largest absolute Gasteiger partial charge is 0.465 e. The van der Waals surface area contributed by atoms with Gasteiger partial charge in [-0.1, -0.05) is 17.7 Å². The first-order valence-corrected chi connectivity index (χ1v) is 10.4. The third-order valence-electron chi connectivity index (χ3n) is 5.47. The number of carbonyl (C=O) groups is 2. The summed E-state index contributed by atoms with van der Waals surface area (Å²) in [5.41, 5.74) is 4.97. The molecule has 0 spiro atoms. The van der Waals surface area contributed by atoms with Crippen LogP contribution in [0.4, 0.5) is 0 Å². The van der Waals surface area contributed by atoms with Gasteiger partial charge in [0.15, 0.2) is 0 Å². The lowest BCUT2D eigenvalue weighted by atomic mass is 10.0. The van der Waals surface area contributed by atoms with Gasteiger partial charge in [0.1, 0.15) is 0 Å². The number of nitrogens with zero attached hydrogens (tertiary/aromatic N) is 2. The van der Waals surface area contributed by atoms with Gasteiger partial charge in [-0.2, -0.15) is 0 Å². The molecule has 1 amide bonds. The van der Waals surface area contributed by atoms with Crippen LogP contribution in [0.1, 0.15) is 30.3 Å². The van der Waals surface area contributed by atoms with Gasteiger partial charge >= 0.3 is 5.97 Å². The number of rotatable bonds is 7. The van der Waals surface area contributed by atoms with Gasteiger partial charge in [-0.3, -0.25) is 4.79 Å². The predicted molar refractivity (Wildman–Crippen MR) is 121 cm³/mol. The zero-order chi connectivity index (χ0) is 22.7. The Bertz CT molecular complexity index is 1080. The Morgan fingerprint density at radius 3 is 2.55 bits per heavy atom. The van der Waals surface area contributed by atoms with Crippen molar-refractivity contribution in [2.24, 2.45) is 0 Å². The molecule has 0 bridgehead atoms. The summed E-state index contributed by atoms with van der Waals surface area (Å²) in [4.78, 5) is 27.3. The van der Waals surface area contributed by atoms with E-state index in [1.807, 2.05) is 44.2 Å². The van der Waals surface area contributed by atoms with Crippen LogP contribution < -0.4 is 0 Å². The average molecular weight is 443 g/mol. The molecule has 0 radical (unpaired) electrons. The van der Waals surface area contributed by atoms with Crippen molar-refractivity contribution in [1.82, 2.24) is 9.47 Å². The van der Waals surface area contributed by atoms with Crippen LogP contribution >= 0.6 is 11.6 Å². The third-order valence-corrected chi connectivity index (χ3v) is 5.70. The summed E-state index contributed by atoms with van der Waals surface area (Å²) in [6.07, 6.45) is 2.45. The standard InChI is InChI=1S/C24H27ClN2O4/c1-15-12-18(16(2)27(15)20-9-6-8-19(25)14-20)13-21-22(24(29)31-5)17(3)26(23(21)28)10-7-11-30-4/h6,8-9,12-14H,7,10-11H2,1-5H3. The molecule has 0 saturated heterocycles. The monoisotopic (exact) mass is 442 g/mol. The van der Waals surface area contributed by atoms with Gasteiger partial charge in [-0.15, -0.1) is 0 Å². The zero-order valence-electron chi connectivity index (χ0n) is 18.5. The maximum Gasteiger partial charge on any atom is 0.340 e. The molecule has 6 nitrogen and oxygen atoms in total. The van der Waals surface area contributed by atoms with Crippen LogP contribution in [0.25, 0.3) is 11.8 Å². The molecule has 0 aliphatic carbocycles. The number of aryl methyl sites for hydroxylation is 1. The number of methoxy groups -OCH3 is 2. The Hall–Kier alpha value is -2.83. The Morgan fingerprint density at radius 1 is 1.16 bits per heavy atom. The quantitative estimate of drug-likeness (QED) is 0.361. The molecule has 7 heteroatoms. The molecule has 164 valence electrons. The van der Waals surface area contributed by atoms with Crippen molar-refractivity contribution in [3.8, 4) is 5.69 Å². The van der Waals surface area contributed by atoms with Crippen molar-refractivity contribution in [2.45, 2.75) is 27.2 Å². The lowest BCUT2D eigenvalue weighted by molar-refractivity contribution is -0.136. The fourth-order valence-electron chi connectivity index (χ4n) is 3.97. The van der Waals surface area contributed by atoms with Gasteiger partial charge in [-0.25, -0.2) is 4.79 Å². The smallest absolute Gasteiger partial charge is 0.340 e. The fourth-order valence-corrected chi connectivity index (χ4v) is 4.15. The van der Waals surface area contributed by atoms with Gasteiger partial charge in [-0.05, 0) is 63.1 Å². The highest BCUT2D eigenvalue weighted by atomic mass is 35.5. The van der Waals surface area contributed by atoms with Crippen molar-refractivity contribution in [2.75, 3.05) is 27.4 Å². The van der Waals surface area contributed by atoms with Crippen molar-refractivity contribution in [1.29, 1.82) is 0 Å². The summed E-state index contributed by atoms with van der Waals surface area (Å²) in [5.74, 6) is -0.725. The van der Waals surface area contributed by atoms with Crippen LogP contribution in [0.3, 0.4) is 0 Å². The normalized spacial score (nSPS) is 15.4. The van der Waals surface area contributed by atoms with E-state index in [1.54, 1.807) is 25.0 Å². The summed E-state index contributed by atoms with van der Waals surface area (Å²) in [6, 6.07) is 9.59. The summed E-state index contributed by atoms with van der Waals surface area (Å²) in [6.45, 7) is 6.74. The van der Waals surface area contributed by atoms with E-state index in [0.717, 1.165) is 22.6 Å². The molecule has 0 N–H and O–H groups in total. The van der Waals surface area contributed by atoms with E-state index >= 15 is 0 Å². The molecule has 0 fully saturated rings. The Kier molecular flexibility index (Phi) is 7.03. The second-order valence-electron chi connectivity index (χ2n) is 7.45. The van der Waals surface area contributed by atoms with Gasteiger partial charge in [0.2, 0.25) is 0 Å². The molecule has 31 heavy (non-hydrogen) atoms. The lowest BCUT2D eigenvalue weighted by Gasteiger charge is -2.17. The van der Waals surface area contributed by atoms with E-state index < -0.39 is 5.97 Å². The van der Waals surface area contributed by atoms with Crippen molar-refractivity contribution < 1.29 is 19.1 Å². The Labute approximate surface area is 187 Å². The SMILES string of the molecule is COCCCN1C(=O)C(=Cc2cc(C)n(-c3cccc(Cl)c3)c2C)C(C(=O)OC)=C1C. The number of allylic oxidation sites excluding steroid dienone is 1. The van der Waals surface area contributed by atoms with Gasteiger partial charge in [0.05, 0.1) is 18.3 Å². The first-order valence-electron chi connectivity index (χ1n) is 10.1. The minimum Gasteiger partial charge on any atom is -0.465 e. The predicted octanol–water partition coefficient (Wildman–Crippen LogP) is 4.46. The van der Waals surface area contributed by atoms with E-state index in [-0.39, 0.29) is 5.91 Å². The molecule has 1 aliphatic heterocycles. The van der Waals surface area contributed by atoms with E-state index in [4.69, 9.17) is 21.1 Å². The summed E-state index contributed by atoms with van der Waals surface area (Å²) in [5, 5.41) is 0.647. The Morgan fingerprint density at radius 2 is 1.90 bits per heavy atom. The van der Waals surface area contributed by atoms with Crippen LogP contribution in [0.2, 0.25) is 5.02 Å². The first-order chi connectivity index (χ1) is 14.8. The Balaban J connectivity index is 2.06. The third kappa shape index (κ3) is 4.45. The van der Waals surface area contributed by atoms with Crippen molar-refractivity contribution >= 4 is 29.6 Å². The molecule has 3 rings (SSSR count). The second kappa shape index (κ2) is 9.54. The average Bonchev–Trinajstić information content (AvgIpc) is 3.14. The highest BCUT2D eigenvalue weighted by Gasteiger charge is 2.36. The fraction of sp³-hybridized carbons (Fsp3) is 0.333. The summed E-state index contributed by atoms with van der Waals surface area (Å²) in [7, 11) is 2.94. The number of hydrogen-bond acceptors (Lipinski definition) is 4. The van der Waals surface area contributed by atoms with Crippen LogP contribution in [-0.2, 0) is 19.1 Å². The number of carbonyl (C=O) groups excluding carboxylic acids is 2. The highest BCUT2D eigenvalue weighted by molar-refractivity contribution is 6.30. The highest BCUT2D eigenvalue weighted by Crippen LogP contribution is 2.33. The molecule has 1 aliphatic rings. The van der Waals surface area contributed by atoms with Gasteiger partial charge in [0.25, 0.3) is 5.91 Å². The number of benzene rings is 1. The van der Waals surface area contributed by atoms with Crippen molar-refractivity contribution in [3.05, 3.63) is 69.1 Å². The summed E-state index contributed by atoms with van der Waals surface area (Å²) >= 11 is 6.18. The molecule has 2 aromatic rings. The molecular formula is C24H27ClN2O4. The topological polar surface area (TPSA) is 60.8 Å². The van der Waals surface area contributed by atoms with Crippen LogP contribution in [-0.4, -0.2) is 48.7 Å². The minimum absolute atomic E-state index is 0.207. The molecule has 2 heterocycles. The van der Waals surface area contributed by atoms with E-state index in [1.165, 1.54) is 7.11 Å². The molecule has 0 atom stereocenters. The van der Waals surface area contributed by atoms with E-state index in [0.29, 0.717) is 41.4 Å². The number of ether oxygens (including phenoxy) is 2. The zero-order valence-corrected chi connectivity index (χ0v) is 19.2. The van der Waals surface area contributed by atoms with E-state index in [2.05, 4.69) is 4.57 Å². The lowest BCUT2D eigenvalue weighted by Crippen LogP contribution is -2.26. The minimum atomic E-state index is -0.519. The molecular weight excluding hydrogens is 416 g/mol. The molecule has 0 saturated carbocycles. The van der Waals surface area contributed by atoms with Gasteiger partial charge in [0, 0.05) is 48.1 Å². The second-order valence-corrected chi connectivity index (χ2v) is 7.89. The number of aromatic nitrogens is 1. The van der Waals surface area contributed by atoms with Crippen LogP contribution in [0.15, 0.2) is 47.2 Å². The molecule has 0 unspecified atom stereocenters. The first kappa shape index (κ1) is 22.8. The number of hydrogen-bond donors (Lipinski definition) is 0. The maximum absolute atomic E-state index is 13.2. The molecule has 1 aromatic carbocycles. The van der Waals surface area contributed by atoms with Crippen LogP contribution in [0, 0.1) is 13.8 Å². The number of esters is 1. The molecule has 1 aromatic heterocycles. The van der Waals surface area contributed by atoms with E-state index in [9.17, 15) is 9.59 Å². The van der Waals surface area contributed by atoms with Gasteiger partial charge < -0.3 is 18.9 Å². The maximum atomic E-state index is 13.2. The summed E-state index contributed by atoms with van der Waals surface area (Å²) < 4.78 is 12.1. The van der Waals surface area contributed by atoms with Crippen molar-refractivity contribution in [3.63, 3.8) is 0 Å². The van der Waals surface area contributed by atoms with Crippen LogP contribution in [0.5, 0.6) is 0 Å².